The summed E-state index contributed by atoms with van der Waals surface area (Å²) in [6, 6.07) is 19.0. The van der Waals surface area contributed by atoms with Gasteiger partial charge in [-0.05, 0) is 34.7 Å². The molecule has 0 spiro atoms. The first-order valence-corrected chi connectivity index (χ1v) is 11.9. The normalized spacial score (nSPS) is 15.6. The van der Waals surface area contributed by atoms with Crippen molar-refractivity contribution < 1.29 is 22.8 Å². The zero-order valence-electron chi connectivity index (χ0n) is 19.9. The molecular weight excluding hydrogens is 465 g/mol. The van der Waals surface area contributed by atoms with Crippen LogP contribution in [0.15, 0.2) is 84.9 Å². The minimum atomic E-state index is -4.71. The van der Waals surface area contributed by atoms with Gasteiger partial charge in [-0.3, -0.25) is 9.59 Å². The molecule has 0 aromatic heterocycles. The molecule has 0 aliphatic carbocycles. The fourth-order valence-corrected chi connectivity index (χ4v) is 4.52. The first-order valence-electron chi connectivity index (χ1n) is 11.9. The Bertz CT molecular complexity index is 1270. The van der Waals surface area contributed by atoms with E-state index in [1.165, 1.54) is 12.1 Å². The summed E-state index contributed by atoms with van der Waals surface area (Å²) in [5.41, 5.74) is 0.937. The maximum atomic E-state index is 14.0. The van der Waals surface area contributed by atoms with Gasteiger partial charge in [0.1, 0.15) is 0 Å². The van der Waals surface area contributed by atoms with Crippen molar-refractivity contribution in [2.45, 2.75) is 38.5 Å². The molecule has 186 valence electrons. The highest BCUT2D eigenvalue weighted by molar-refractivity contribution is 6.02. The van der Waals surface area contributed by atoms with Crippen LogP contribution < -0.4 is 5.32 Å². The fourth-order valence-electron chi connectivity index (χ4n) is 4.52. The molecule has 4 nitrogen and oxygen atoms in total. The zero-order valence-corrected chi connectivity index (χ0v) is 19.9. The van der Waals surface area contributed by atoms with Crippen molar-refractivity contribution in [3.63, 3.8) is 0 Å². The van der Waals surface area contributed by atoms with E-state index in [0.29, 0.717) is 12.1 Å². The van der Waals surface area contributed by atoms with Crippen LogP contribution >= 0.6 is 0 Å². The first kappa shape index (κ1) is 25.2. The molecule has 0 saturated carbocycles. The van der Waals surface area contributed by atoms with Gasteiger partial charge in [0, 0.05) is 19.5 Å². The molecule has 0 radical (unpaired) electrons. The van der Waals surface area contributed by atoms with Crippen LogP contribution in [0.25, 0.3) is 11.1 Å². The standard InChI is InChI=1S/C29H27F3N2O2/c1-2-3-5-17-26(35)34-18-21-13-8-9-14-22(21)25(19-34)33-28(36)27-23(20-11-6-4-7-12-20)15-10-16-24(27)29(30,31)32/h3-16,25H,2,17-19H2,1H3,(H,33,36). The van der Waals surface area contributed by atoms with Crippen LogP contribution in [0.1, 0.15) is 52.9 Å². The minimum absolute atomic E-state index is 0.103. The SMILES string of the molecule is CCC=CCC(=O)N1Cc2ccccc2C(NC(=O)c2c(-c3ccccc3)cccc2C(F)(F)F)C1. The largest absolute Gasteiger partial charge is 0.417 e. The van der Waals surface area contributed by atoms with E-state index in [9.17, 15) is 22.8 Å². The van der Waals surface area contributed by atoms with Gasteiger partial charge >= 0.3 is 6.18 Å². The van der Waals surface area contributed by atoms with Gasteiger partial charge in [0.25, 0.3) is 5.91 Å². The number of fused-ring (bicyclic) bond motifs is 1. The van der Waals surface area contributed by atoms with Crippen LogP contribution in [0.4, 0.5) is 13.2 Å². The summed E-state index contributed by atoms with van der Waals surface area (Å²) in [4.78, 5) is 28.0. The number of benzene rings is 3. The Morgan fingerprint density at radius 1 is 0.972 bits per heavy atom. The molecular formula is C29H27F3N2O2. The number of nitrogens with one attached hydrogen (secondary N) is 1. The number of nitrogens with zero attached hydrogens (tertiary/aromatic N) is 1. The summed E-state index contributed by atoms with van der Waals surface area (Å²) in [6.07, 6.45) is 0.0504. The van der Waals surface area contributed by atoms with Crippen LogP contribution in [0, 0.1) is 0 Å². The third-order valence-electron chi connectivity index (χ3n) is 6.23. The zero-order chi connectivity index (χ0) is 25.7. The predicted molar refractivity (Wildman–Crippen MR) is 133 cm³/mol. The highest BCUT2D eigenvalue weighted by Crippen LogP contribution is 2.37. The Kier molecular flexibility index (Phi) is 7.58. The topological polar surface area (TPSA) is 49.4 Å². The van der Waals surface area contributed by atoms with Gasteiger partial charge in [0.15, 0.2) is 0 Å². The Morgan fingerprint density at radius 3 is 2.42 bits per heavy atom. The minimum Gasteiger partial charge on any atom is -0.343 e. The highest BCUT2D eigenvalue weighted by atomic mass is 19.4. The van der Waals surface area contributed by atoms with E-state index < -0.39 is 29.3 Å². The third kappa shape index (κ3) is 5.51. The molecule has 3 aromatic rings. The predicted octanol–water partition coefficient (Wildman–Crippen LogP) is 6.54. The molecule has 7 heteroatoms. The summed E-state index contributed by atoms with van der Waals surface area (Å²) in [5, 5.41) is 2.82. The average molecular weight is 493 g/mol. The molecule has 1 unspecified atom stereocenters. The molecule has 1 aliphatic heterocycles. The van der Waals surface area contributed by atoms with Crippen LogP contribution in [0.5, 0.6) is 0 Å². The third-order valence-corrected chi connectivity index (χ3v) is 6.23. The van der Waals surface area contributed by atoms with Crippen molar-refractivity contribution in [3.05, 3.63) is 107 Å². The number of hydrogen-bond acceptors (Lipinski definition) is 2. The molecule has 1 N–H and O–H groups in total. The molecule has 36 heavy (non-hydrogen) atoms. The van der Waals surface area contributed by atoms with E-state index >= 15 is 0 Å². The second kappa shape index (κ2) is 10.8. The number of halogens is 3. The monoisotopic (exact) mass is 492 g/mol. The highest BCUT2D eigenvalue weighted by Gasteiger charge is 2.38. The van der Waals surface area contributed by atoms with Gasteiger partial charge in [0.05, 0.1) is 17.2 Å². The number of hydrogen-bond donors (Lipinski definition) is 1. The molecule has 1 heterocycles. The Balaban J connectivity index is 1.70. The summed E-state index contributed by atoms with van der Waals surface area (Å²) in [6.45, 7) is 2.54. The van der Waals surface area contributed by atoms with Crippen molar-refractivity contribution in [2.24, 2.45) is 0 Å². The van der Waals surface area contributed by atoms with Crippen molar-refractivity contribution in [2.75, 3.05) is 6.54 Å². The van der Waals surface area contributed by atoms with Gasteiger partial charge in [-0.2, -0.15) is 13.2 Å². The molecule has 4 rings (SSSR count). The molecule has 1 atom stereocenters. The number of amides is 2. The maximum absolute atomic E-state index is 14.0. The molecule has 0 saturated heterocycles. The summed E-state index contributed by atoms with van der Waals surface area (Å²) in [5.74, 6) is -0.934. The lowest BCUT2D eigenvalue weighted by Crippen LogP contribution is -2.44. The summed E-state index contributed by atoms with van der Waals surface area (Å²) < 4.78 is 42.0. The quantitative estimate of drug-likeness (QED) is 0.397. The molecule has 1 aliphatic rings. The van der Waals surface area contributed by atoms with Crippen LogP contribution in [0.2, 0.25) is 0 Å². The number of carbonyl (C=O) groups is 2. The lowest BCUT2D eigenvalue weighted by Gasteiger charge is -2.35. The van der Waals surface area contributed by atoms with Gasteiger partial charge in [0.2, 0.25) is 5.91 Å². The van der Waals surface area contributed by atoms with Gasteiger partial charge < -0.3 is 10.2 Å². The molecule has 0 bridgehead atoms. The van der Waals surface area contributed by atoms with Crippen molar-refractivity contribution in [1.29, 1.82) is 0 Å². The summed E-state index contributed by atoms with van der Waals surface area (Å²) in [7, 11) is 0. The molecule has 3 aromatic carbocycles. The molecule has 0 fully saturated rings. The number of carbonyl (C=O) groups excluding carboxylic acids is 2. The fraction of sp³-hybridized carbons (Fsp3) is 0.241. The summed E-state index contributed by atoms with van der Waals surface area (Å²) >= 11 is 0. The second-order valence-electron chi connectivity index (χ2n) is 8.67. The van der Waals surface area contributed by atoms with E-state index in [1.54, 1.807) is 35.2 Å². The Hall–Kier alpha value is -3.87. The maximum Gasteiger partial charge on any atom is 0.417 e. The lowest BCUT2D eigenvalue weighted by molar-refractivity contribution is -0.138. The second-order valence-corrected chi connectivity index (χ2v) is 8.67. The Labute approximate surface area is 208 Å². The van der Waals surface area contributed by atoms with E-state index in [1.807, 2.05) is 43.3 Å². The van der Waals surface area contributed by atoms with Crippen molar-refractivity contribution >= 4 is 11.8 Å². The van der Waals surface area contributed by atoms with E-state index in [2.05, 4.69) is 5.32 Å². The molecule has 2 amide bonds. The van der Waals surface area contributed by atoms with Gasteiger partial charge in [-0.25, -0.2) is 0 Å². The Morgan fingerprint density at radius 2 is 1.69 bits per heavy atom. The van der Waals surface area contributed by atoms with E-state index in [0.717, 1.165) is 23.6 Å². The van der Waals surface area contributed by atoms with E-state index in [4.69, 9.17) is 0 Å². The van der Waals surface area contributed by atoms with E-state index in [-0.39, 0.29) is 24.4 Å². The lowest BCUT2D eigenvalue weighted by atomic mass is 9.92. The number of alkyl halides is 3. The first-order chi connectivity index (χ1) is 17.3. The van der Waals surface area contributed by atoms with Crippen LogP contribution in [-0.2, 0) is 17.5 Å². The van der Waals surface area contributed by atoms with Crippen LogP contribution in [0.3, 0.4) is 0 Å². The smallest absolute Gasteiger partial charge is 0.343 e. The van der Waals surface area contributed by atoms with Crippen LogP contribution in [-0.4, -0.2) is 23.3 Å². The number of allylic oxidation sites excluding steroid dienone is 1. The van der Waals surface area contributed by atoms with Gasteiger partial charge in [-0.15, -0.1) is 0 Å². The average Bonchev–Trinajstić information content (AvgIpc) is 2.88. The van der Waals surface area contributed by atoms with Crippen molar-refractivity contribution in [3.8, 4) is 11.1 Å². The number of rotatable bonds is 6. The van der Waals surface area contributed by atoms with Gasteiger partial charge in [-0.1, -0.05) is 85.8 Å². The van der Waals surface area contributed by atoms with Crippen molar-refractivity contribution in [1.82, 2.24) is 10.2 Å².